The molecule has 0 aromatic heterocycles. The summed E-state index contributed by atoms with van der Waals surface area (Å²) in [6.07, 6.45) is 15.3. The zero-order chi connectivity index (χ0) is 22.9. The first-order valence-corrected chi connectivity index (χ1v) is 12.5. The third-order valence-corrected chi connectivity index (χ3v) is 5.47. The van der Waals surface area contributed by atoms with Crippen LogP contribution in [0.1, 0.15) is 90.0 Å². The second-order valence-corrected chi connectivity index (χ2v) is 8.35. The van der Waals surface area contributed by atoms with Crippen LogP contribution >= 0.6 is 0 Å². The lowest BCUT2D eigenvalue weighted by molar-refractivity contribution is 0.303. The van der Waals surface area contributed by atoms with Crippen LogP contribution in [0.25, 0.3) is 0 Å². The smallest absolute Gasteiger partial charge is 0.128 e. The molecular formula is C28H41NO3. The van der Waals surface area contributed by atoms with E-state index in [9.17, 15) is 5.11 Å². The topological polar surface area (TPSA) is 51.0 Å². The lowest BCUT2D eigenvalue weighted by Gasteiger charge is -2.08. The standard InChI is InChI=1S/C28H41NO3/c1-3-5-7-9-11-13-20-31-26-18-15-25(16-19-26)29-23-24-14-17-27(22-28(24)30)32-21-12-10-8-6-4-2/h14-19,22-23,30H,3-13,20-21H2,1-2H3. The van der Waals surface area contributed by atoms with Gasteiger partial charge in [0.15, 0.2) is 0 Å². The Morgan fingerprint density at radius 3 is 1.81 bits per heavy atom. The molecule has 0 atom stereocenters. The summed E-state index contributed by atoms with van der Waals surface area (Å²) in [5, 5.41) is 10.3. The van der Waals surface area contributed by atoms with Crippen LogP contribution in [0.15, 0.2) is 47.5 Å². The van der Waals surface area contributed by atoms with E-state index in [1.54, 1.807) is 12.3 Å². The molecule has 0 heterocycles. The first-order chi connectivity index (χ1) is 15.7. The average Bonchev–Trinajstić information content (AvgIpc) is 2.81. The Labute approximate surface area is 194 Å². The number of hydrogen-bond acceptors (Lipinski definition) is 4. The van der Waals surface area contributed by atoms with Crippen molar-refractivity contribution in [2.24, 2.45) is 4.99 Å². The van der Waals surface area contributed by atoms with E-state index in [4.69, 9.17) is 9.47 Å². The summed E-state index contributed by atoms with van der Waals surface area (Å²) >= 11 is 0. The minimum atomic E-state index is 0.177. The van der Waals surface area contributed by atoms with E-state index in [0.29, 0.717) is 17.9 Å². The van der Waals surface area contributed by atoms with E-state index >= 15 is 0 Å². The quantitative estimate of drug-likeness (QED) is 0.199. The second kappa shape index (κ2) is 16.2. The molecule has 2 aromatic rings. The van der Waals surface area contributed by atoms with E-state index in [-0.39, 0.29) is 5.75 Å². The number of phenolic OH excluding ortho intramolecular Hbond substituents is 1. The molecule has 32 heavy (non-hydrogen) atoms. The molecule has 0 fully saturated rings. The van der Waals surface area contributed by atoms with Crippen LogP contribution in [0, 0.1) is 0 Å². The summed E-state index contributed by atoms with van der Waals surface area (Å²) in [6, 6.07) is 13.1. The highest BCUT2D eigenvalue weighted by Gasteiger charge is 2.02. The van der Waals surface area contributed by atoms with E-state index in [0.717, 1.165) is 30.9 Å². The highest BCUT2D eigenvalue weighted by Crippen LogP contribution is 2.24. The maximum Gasteiger partial charge on any atom is 0.128 e. The van der Waals surface area contributed by atoms with Crippen molar-refractivity contribution in [2.75, 3.05) is 13.2 Å². The minimum Gasteiger partial charge on any atom is -0.507 e. The molecule has 4 nitrogen and oxygen atoms in total. The molecule has 0 radical (unpaired) electrons. The van der Waals surface area contributed by atoms with Gasteiger partial charge >= 0.3 is 0 Å². The van der Waals surface area contributed by atoms with Crippen LogP contribution in [0.3, 0.4) is 0 Å². The number of benzene rings is 2. The zero-order valence-electron chi connectivity index (χ0n) is 20.0. The zero-order valence-corrected chi connectivity index (χ0v) is 20.0. The molecular weight excluding hydrogens is 398 g/mol. The Morgan fingerprint density at radius 2 is 1.22 bits per heavy atom. The number of ether oxygens (including phenoxy) is 2. The Balaban J connectivity index is 1.72. The number of rotatable bonds is 17. The molecule has 1 N–H and O–H groups in total. The molecule has 0 aliphatic heterocycles. The van der Waals surface area contributed by atoms with Crippen molar-refractivity contribution in [1.29, 1.82) is 0 Å². The van der Waals surface area contributed by atoms with Gasteiger partial charge in [-0.3, -0.25) is 4.99 Å². The van der Waals surface area contributed by atoms with Crippen molar-refractivity contribution in [3.05, 3.63) is 48.0 Å². The first kappa shape index (κ1) is 25.8. The van der Waals surface area contributed by atoms with Crippen molar-refractivity contribution in [3.63, 3.8) is 0 Å². The number of aromatic hydroxyl groups is 1. The van der Waals surface area contributed by atoms with Gasteiger partial charge in [0.05, 0.1) is 18.9 Å². The monoisotopic (exact) mass is 439 g/mol. The second-order valence-electron chi connectivity index (χ2n) is 8.35. The molecule has 0 aliphatic carbocycles. The summed E-state index contributed by atoms with van der Waals surface area (Å²) < 4.78 is 11.6. The third kappa shape index (κ3) is 10.7. The molecule has 176 valence electrons. The predicted molar refractivity (Wildman–Crippen MR) is 135 cm³/mol. The van der Waals surface area contributed by atoms with Gasteiger partial charge in [-0.1, -0.05) is 71.6 Å². The van der Waals surface area contributed by atoms with Crippen molar-refractivity contribution < 1.29 is 14.6 Å². The Hall–Kier alpha value is -2.49. The van der Waals surface area contributed by atoms with Crippen LogP contribution in [0.2, 0.25) is 0 Å². The van der Waals surface area contributed by atoms with Crippen molar-refractivity contribution in [1.82, 2.24) is 0 Å². The average molecular weight is 440 g/mol. The number of aliphatic imine (C=N–C) groups is 1. The van der Waals surface area contributed by atoms with Gasteiger partial charge in [0.2, 0.25) is 0 Å². The van der Waals surface area contributed by atoms with Gasteiger partial charge in [-0.2, -0.15) is 0 Å². The normalized spacial score (nSPS) is 11.2. The fourth-order valence-corrected chi connectivity index (χ4v) is 3.46. The summed E-state index contributed by atoms with van der Waals surface area (Å²) in [7, 11) is 0. The van der Waals surface area contributed by atoms with E-state index in [2.05, 4.69) is 18.8 Å². The fraction of sp³-hybridized carbons (Fsp3) is 0.536. The third-order valence-electron chi connectivity index (χ3n) is 5.47. The van der Waals surface area contributed by atoms with Crippen molar-refractivity contribution >= 4 is 11.9 Å². The summed E-state index contributed by atoms with van der Waals surface area (Å²) in [6.45, 7) is 5.90. The van der Waals surface area contributed by atoms with Gasteiger partial charge in [-0.25, -0.2) is 0 Å². The maximum absolute atomic E-state index is 10.3. The van der Waals surface area contributed by atoms with E-state index in [1.165, 1.54) is 57.8 Å². The summed E-state index contributed by atoms with van der Waals surface area (Å²) in [5.41, 5.74) is 1.49. The van der Waals surface area contributed by atoms with Crippen LogP contribution in [-0.4, -0.2) is 24.5 Å². The van der Waals surface area contributed by atoms with Crippen LogP contribution in [-0.2, 0) is 0 Å². The van der Waals surface area contributed by atoms with Crippen LogP contribution < -0.4 is 9.47 Å². The van der Waals surface area contributed by atoms with E-state index in [1.807, 2.05) is 36.4 Å². The highest BCUT2D eigenvalue weighted by molar-refractivity contribution is 5.85. The molecule has 0 bridgehead atoms. The van der Waals surface area contributed by atoms with Crippen molar-refractivity contribution in [2.45, 2.75) is 84.5 Å². The van der Waals surface area contributed by atoms with Gasteiger partial charge in [0.25, 0.3) is 0 Å². The molecule has 2 aromatic carbocycles. The van der Waals surface area contributed by atoms with Gasteiger partial charge < -0.3 is 14.6 Å². The predicted octanol–water partition coefficient (Wildman–Crippen LogP) is 8.23. The molecule has 0 saturated heterocycles. The fourth-order valence-electron chi connectivity index (χ4n) is 3.46. The van der Waals surface area contributed by atoms with Crippen LogP contribution in [0.5, 0.6) is 17.2 Å². The first-order valence-electron chi connectivity index (χ1n) is 12.5. The Kier molecular flexibility index (Phi) is 13.0. The maximum atomic E-state index is 10.3. The molecule has 0 saturated carbocycles. The van der Waals surface area contributed by atoms with E-state index < -0.39 is 0 Å². The number of phenols is 1. The number of unbranched alkanes of at least 4 members (excludes halogenated alkanes) is 9. The van der Waals surface area contributed by atoms with Gasteiger partial charge in [-0.05, 0) is 49.2 Å². The minimum absolute atomic E-state index is 0.177. The summed E-state index contributed by atoms with van der Waals surface area (Å²) in [5.74, 6) is 1.75. The Morgan fingerprint density at radius 1 is 0.688 bits per heavy atom. The Bertz CT molecular complexity index is 771. The van der Waals surface area contributed by atoms with Gasteiger partial charge in [-0.15, -0.1) is 0 Å². The molecule has 0 amide bonds. The highest BCUT2D eigenvalue weighted by atomic mass is 16.5. The number of hydrogen-bond donors (Lipinski definition) is 1. The van der Waals surface area contributed by atoms with Gasteiger partial charge in [0, 0.05) is 17.8 Å². The lowest BCUT2D eigenvalue weighted by atomic mass is 10.1. The molecule has 2 rings (SSSR count). The molecule has 4 heteroatoms. The largest absolute Gasteiger partial charge is 0.507 e. The lowest BCUT2D eigenvalue weighted by Crippen LogP contribution is -1.97. The number of nitrogens with zero attached hydrogens (tertiary/aromatic N) is 1. The summed E-state index contributed by atoms with van der Waals surface area (Å²) in [4.78, 5) is 4.47. The molecule has 0 spiro atoms. The molecule has 0 aliphatic rings. The molecule has 0 unspecified atom stereocenters. The van der Waals surface area contributed by atoms with Crippen molar-refractivity contribution in [3.8, 4) is 17.2 Å². The van der Waals surface area contributed by atoms with Crippen LogP contribution in [0.4, 0.5) is 5.69 Å². The van der Waals surface area contributed by atoms with Gasteiger partial charge in [0.1, 0.15) is 17.2 Å². The SMILES string of the molecule is CCCCCCCCOc1ccc(N=Cc2ccc(OCCCCCCC)cc2O)cc1.